The smallest absolute Gasteiger partial charge is 0.338 e. The van der Waals surface area contributed by atoms with Crippen molar-refractivity contribution < 1.29 is 23.1 Å². The van der Waals surface area contributed by atoms with Crippen LogP contribution in [0.1, 0.15) is 40.2 Å². The highest BCUT2D eigenvalue weighted by Crippen LogP contribution is 2.43. The fraction of sp³-hybridized carbons (Fsp3) is 0.300. The molecule has 27 heavy (non-hydrogen) atoms. The molecule has 0 bridgehead atoms. The molecular formula is C20H19F2NO3S. The number of carbonyl (C=O) groups is 2. The second kappa shape index (κ2) is 8.08. The number of ether oxygens (including phenoxy) is 1. The van der Waals surface area contributed by atoms with Gasteiger partial charge in [0.25, 0.3) is 0 Å². The summed E-state index contributed by atoms with van der Waals surface area (Å²) in [6, 6.07) is 8.63. The van der Waals surface area contributed by atoms with Gasteiger partial charge in [-0.05, 0) is 54.8 Å². The Labute approximate surface area is 160 Å². The monoisotopic (exact) mass is 391 g/mol. The molecule has 2 aromatic carbocycles. The van der Waals surface area contributed by atoms with Crippen molar-refractivity contribution in [3.63, 3.8) is 0 Å². The van der Waals surface area contributed by atoms with Crippen molar-refractivity contribution in [1.29, 1.82) is 0 Å². The summed E-state index contributed by atoms with van der Waals surface area (Å²) in [6.07, 6.45) is 0.734. The number of thioether (sulfide) groups is 1. The lowest BCUT2D eigenvalue weighted by Crippen LogP contribution is -2.28. The lowest BCUT2D eigenvalue weighted by atomic mass is 10.1. The van der Waals surface area contributed by atoms with Gasteiger partial charge in [0.1, 0.15) is 5.37 Å². The first-order chi connectivity index (χ1) is 12.9. The summed E-state index contributed by atoms with van der Waals surface area (Å²) in [5, 5.41) is -0.454. The molecule has 1 atom stereocenters. The van der Waals surface area contributed by atoms with Gasteiger partial charge in [0, 0.05) is 5.69 Å². The first kappa shape index (κ1) is 19.4. The molecule has 0 aliphatic carbocycles. The minimum absolute atomic E-state index is 0.126. The highest BCUT2D eigenvalue weighted by molar-refractivity contribution is 8.00. The summed E-state index contributed by atoms with van der Waals surface area (Å²) in [6.45, 7) is 4.06. The molecular weight excluding hydrogens is 372 g/mol. The molecule has 1 aliphatic heterocycles. The van der Waals surface area contributed by atoms with E-state index >= 15 is 0 Å². The number of benzene rings is 2. The van der Waals surface area contributed by atoms with Crippen molar-refractivity contribution in [2.24, 2.45) is 0 Å². The molecule has 1 amide bonds. The SMILES string of the molecule is CCCOC(=O)c1ccc(N2C(=O)CSC2c2ccc(F)c(F)c2)c(C)c1. The number of aryl methyl sites for hydroxylation is 1. The van der Waals surface area contributed by atoms with Crippen LogP contribution in [0, 0.1) is 18.6 Å². The average Bonchev–Trinajstić information content (AvgIpc) is 3.03. The Morgan fingerprint density at radius 1 is 1.22 bits per heavy atom. The normalized spacial score (nSPS) is 16.7. The van der Waals surface area contributed by atoms with Gasteiger partial charge < -0.3 is 4.74 Å². The maximum absolute atomic E-state index is 13.6. The third-order valence-corrected chi connectivity index (χ3v) is 5.44. The lowest BCUT2D eigenvalue weighted by Gasteiger charge is -2.26. The highest BCUT2D eigenvalue weighted by atomic mass is 32.2. The van der Waals surface area contributed by atoms with Crippen LogP contribution in [0.2, 0.25) is 0 Å². The van der Waals surface area contributed by atoms with E-state index in [1.54, 1.807) is 30.0 Å². The van der Waals surface area contributed by atoms with Crippen molar-refractivity contribution in [2.45, 2.75) is 25.6 Å². The maximum Gasteiger partial charge on any atom is 0.338 e. The minimum atomic E-state index is -0.946. The van der Waals surface area contributed by atoms with E-state index in [1.165, 1.54) is 17.8 Å². The standard InChI is InChI=1S/C20H19F2NO3S/c1-3-8-26-20(25)14-5-7-17(12(2)9-14)23-18(24)11-27-19(23)13-4-6-15(21)16(22)10-13/h4-7,9-10,19H,3,8,11H2,1-2H3. The van der Waals surface area contributed by atoms with E-state index < -0.39 is 23.0 Å². The predicted molar refractivity (Wildman–Crippen MR) is 101 cm³/mol. The molecule has 3 rings (SSSR count). The Bertz CT molecular complexity index is 888. The number of rotatable bonds is 5. The predicted octanol–water partition coefficient (Wildman–Crippen LogP) is 4.62. The van der Waals surface area contributed by atoms with Crippen molar-refractivity contribution in [3.8, 4) is 0 Å². The van der Waals surface area contributed by atoms with Gasteiger partial charge in [0.15, 0.2) is 11.6 Å². The minimum Gasteiger partial charge on any atom is -0.462 e. The van der Waals surface area contributed by atoms with Crippen LogP contribution in [-0.4, -0.2) is 24.2 Å². The number of anilines is 1. The number of hydrogen-bond donors (Lipinski definition) is 0. The molecule has 2 aromatic rings. The number of hydrogen-bond acceptors (Lipinski definition) is 4. The Kier molecular flexibility index (Phi) is 5.79. The van der Waals surface area contributed by atoms with Crippen LogP contribution < -0.4 is 4.90 Å². The largest absolute Gasteiger partial charge is 0.462 e. The highest BCUT2D eigenvalue weighted by Gasteiger charge is 2.35. The molecule has 1 unspecified atom stereocenters. The maximum atomic E-state index is 13.6. The first-order valence-corrected chi connectivity index (χ1v) is 9.63. The Hall–Kier alpha value is -2.41. The number of nitrogens with zero attached hydrogens (tertiary/aromatic N) is 1. The lowest BCUT2D eigenvalue weighted by molar-refractivity contribution is -0.115. The molecule has 0 radical (unpaired) electrons. The van der Waals surface area contributed by atoms with Gasteiger partial charge in [0.2, 0.25) is 5.91 Å². The Morgan fingerprint density at radius 2 is 2.00 bits per heavy atom. The van der Waals surface area contributed by atoms with E-state index in [0.717, 1.165) is 24.1 Å². The van der Waals surface area contributed by atoms with Gasteiger partial charge >= 0.3 is 5.97 Å². The second-order valence-electron chi connectivity index (χ2n) is 6.24. The summed E-state index contributed by atoms with van der Waals surface area (Å²) in [4.78, 5) is 26.1. The van der Waals surface area contributed by atoms with E-state index in [9.17, 15) is 18.4 Å². The molecule has 1 heterocycles. The zero-order chi connectivity index (χ0) is 19.6. The number of halogens is 2. The summed E-state index contributed by atoms with van der Waals surface area (Å²) < 4.78 is 32.0. The summed E-state index contributed by atoms with van der Waals surface area (Å²) in [7, 11) is 0. The van der Waals surface area contributed by atoms with Crippen LogP contribution in [0.5, 0.6) is 0 Å². The van der Waals surface area contributed by atoms with Crippen molar-refractivity contribution in [1.82, 2.24) is 0 Å². The number of amides is 1. The summed E-state index contributed by atoms with van der Waals surface area (Å²) in [5.41, 5.74) is 2.28. The van der Waals surface area contributed by atoms with E-state index in [-0.39, 0.29) is 11.7 Å². The molecule has 0 N–H and O–H groups in total. The van der Waals surface area contributed by atoms with E-state index in [2.05, 4.69) is 0 Å². The Morgan fingerprint density at radius 3 is 2.67 bits per heavy atom. The second-order valence-corrected chi connectivity index (χ2v) is 7.31. The zero-order valence-corrected chi connectivity index (χ0v) is 15.8. The van der Waals surface area contributed by atoms with Crippen molar-refractivity contribution in [3.05, 3.63) is 64.7 Å². The molecule has 0 spiro atoms. The third kappa shape index (κ3) is 3.98. The summed E-state index contributed by atoms with van der Waals surface area (Å²) in [5.74, 6) is -2.17. The molecule has 0 aromatic heterocycles. The average molecular weight is 391 g/mol. The van der Waals surface area contributed by atoms with Gasteiger partial charge in [-0.2, -0.15) is 0 Å². The molecule has 7 heteroatoms. The summed E-state index contributed by atoms with van der Waals surface area (Å²) >= 11 is 1.35. The topological polar surface area (TPSA) is 46.6 Å². The molecule has 142 valence electrons. The first-order valence-electron chi connectivity index (χ1n) is 8.58. The van der Waals surface area contributed by atoms with Gasteiger partial charge in [-0.15, -0.1) is 11.8 Å². The Balaban J connectivity index is 1.91. The van der Waals surface area contributed by atoms with E-state index in [0.29, 0.717) is 23.4 Å². The molecule has 1 saturated heterocycles. The van der Waals surface area contributed by atoms with Crippen LogP contribution in [0.4, 0.5) is 14.5 Å². The number of esters is 1. The van der Waals surface area contributed by atoms with Gasteiger partial charge in [-0.3, -0.25) is 9.69 Å². The van der Waals surface area contributed by atoms with E-state index in [1.807, 2.05) is 6.92 Å². The van der Waals surface area contributed by atoms with Crippen LogP contribution in [0.25, 0.3) is 0 Å². The molecule has 0 saturated carbocycles. The van der Waals surface area contributed by atoms with E-state index in [4.69, 9.17) is 4.74 Å². The molecule has 1 aliphatic rings. The van der Waals surface area contributed by atoms with Crippen LogP contribution in [0.3, 0.4) is 0 Å². The van der Waals surface area contributed by atoms with Gasteiger partial charge in [-0.1, -0.05) is 13.0 Å². The van der Waals surface area contributed by atoms with Crippen LogP contribution in [-0.2, 0) is 9.53 Å². The third-order valence-electron chi connectivity index (χ3n) is 4.23. The fourth-order valence-corrected chi connectivity index (χ4v) is 4.09. The quantitative estimate of drug-likeness (QED) is 0.698. The van der Waals surface area contributed by atoms with Crippen LogP contribution >= 0.6 is 11.8 Å². The molecule has 4 nitrogen and oxygen atoms in total. The molecule has 1 fully saturated rings. The fourth-order valence-electron chi connectivity index (χ4n) is 2.93. The number of carbonyl (C=O) groups excluding carboxylic acids is 2. The van der Waals surface area contributed by atoms with Gasteiger partial charge in [0.05, 0.1) is 17.9 Å². The zero-order valence-electron chi connectivity index (χ0n) is 15.0. The van der Waals surface area contributed by atoms with Crippen LogP contribution in [0.15, 0.2) is 36.4 Å². The van der Waals surface area contributed by atoms with Crippen molar-refractivity contribution >= 4 is 29.3 Å². The van der Waals surface area contributed by atoms with Gasteiger partial charge in [-0.25, -0.2) is 13.6 Å². The van der Waals surface area contributed by atoms with Crippen molar-refractivity contribution in [2.75, 3.05) is 17.3 Å².